The van der Waals surface area contributed by atoms with E-state index in [1.807, 2.05) is 13.8 Å². The first-order valence-electron chi connectivity index (χ1n) is 8.43. The molecule has 2 atom stereocenters. The fourth-order valence-corrected chi connectivity index (χ4v) is 4.27. The van der Waals surface area contributed by atoms with E-state index in [4.69, 9.17) is 11.6 Å². The van der Waals surface area contributed by atoms with Gasteiger partial charge in [0.05, 0.1) is 15.5 Å². The Morgan fingerprint density at radius 3 is 2.68 bits per heavy atom. The minimum Gasteiger partial charge on any atom is -0.358 e. The number of hydrogen-bond donors (Lipinski definition) is 2. The van der Waals surface area contributed by atoms with Crippen molar-refractivity contribution < 1.29 is 9.72 Å². The van der Waals surface area contributed by atoms with Crippen molar-refractivity contribution in [2.75, 3.05) is 10.6 Å². The van der Waals surface area contributed by atoms with Gasteiger partial charge in [-0.15, -0.1) is 10.2 Å². The summed E-state index contributed by atoms with van der Waals surface area (Å²) in [5, 5.41) is 26.9. The number of carbonyl (C=O) groups is 1. The van der Waals surface area contributed by atoms with Gasteiger partial charge in [-0.05, 0) is 25.5 Å². The number of nitrogens with one attached hydrogen (secondary N) is 2. The molecule has 0 aliphatic rings. The number of nitro benzene ring substituents is 1. The Bertz CT molecular complexity index is 1040. The van der Waals surface area contributed by atoms with E-state index >= 15 is 0 Å². The number of aryl methyl sites for hydroxylation is 1. The minimum atomic E-state index is -0.541. The highest BCUT2D eigenvalue weighted by molar-refractivity contribution is 7.22. The molecular weight excluding hydrogens is 424 g/mol. The molecule has 0 fully saturated rings. The third-order valence-corrected chi connectivity index (χ3v) is 6.42. The Labute approximate surface area is 173 Å². The predicted molar refractivity (Wildman–Crippen MR) is 111 cm³/mol. The molecular formula is C16H17ClN6O3S2. The summed E-state index contributed by atoms with van der Waals surface area (Å²) in [7, 11) is 0. The van der Waals surface area contributed by atoms with Gasteiger partial charge in [-0.2, -0.15) is 0 Å². The summed E-state index contributed by atoms with van der Waals surface area (Å²) in [6.07, 6.45) is 0.759. The summed E-state index contributed by atoms with van der Waals surface area (Å²) in [6, 6.07) is 2.90. The van der Waals surface area contributed by atoms with Gasteiger partial charge in [0.1, 0.15) is 10.0 Å². The van der Waals surface area contributed by atoms with Crippen LogP contribution in [-0.2, 0) is 11.2 Å². The third kappa shape index (κ3) is 4.21. The zero-order valence-electron chi connectivity index (χ0n) is 15.2. The largest absolute Gasteiger partial charge is 0.358 e. The van der Waals surface area contributed by atoms with Gasteiger partial charge >= 0.3 is 5.69 Å². The van der Waals surface area contributed by atoms with Crippen LogP contribution in [0.5, 0.6) is 0 Å². The molecule has 2 aromatic heterocycles. The van der Waals surface area contributed by atoms with E-state index in [-0.39, 0.29) is 28.2 Å². The van der Waals surface area contributed by atoms with Gasteiger partial charge in [0.15, 0.2) is 10.6 Å². The Kier molecular flexibility index (Phi) is 6.06. The molecule has 0 aliphatic carbocycles. The second kappa shape index (κ2) is 8.33. The normalized spacial score (nSPS) is 13.3. The smallest absolute Gasteiger partial charge is 0.314 e. The Balaban J connectivity index is 1.72. The number of aromatic nitrogens is 3. The lowest BCUT2D eigenvalue weighted by Gasteiger charge is -2.19. The third-order valence-electron chi connectivity index (χ3n) is 4.18. The zero-order valence-corrected chi connectivity index (χ0v) is 17.6. The van der Waals surface area contributed by atoms with Crippen LogP contribution in [0.15, 0.2) is 12.1 Å². The van der Waals surface area contributed by atoms with Gasteiger partial charge < -0.3 is 10.6 Å². The van der Waals surface area contributed by atoms with Gasteiger partial charge in [-0.3, -0.25) is 14.9 Å². The van der Waals surface area contributed by atoms with Crippen LogP contribution in [0.25, 0.3) is 10.2 Å². The standard InChI is InChI=1S/C16H17ClN6O3S2/c1-4-11-21-22-16(28-11)20-14(24)7(2)8(3)18-15-19-12-10(27-15)6-5-9(17)13(12)23(25)26/h5-8H,4H2,1-3H3,(H,18,19)(H,20,22,24). The van der Waals surface area contributed by atoms with E-state index < -0.39 is 10.8 Å². The molecule has 1 amide bonds. The van der Waals surface area contributed by atoms with E-state index in [1.54, 1.807) is 13.0 Å². The van der Waals surface area contributed by atoms with Crippen LogP contribution in [0.4, 0.5) is 16.0 Å². The minimum absolute atomic E-state index is 0.0404. The lowest BCUT2D eigenvalue weighted by molar-refractivity contribution is -0.383. The van der Waals surface area contributed by atoms with Crippen molar-refractivity contribution in [3.63, 3.8) is 0 Å². The number of rotatable bonds is 7. The first-order valence-corrected chi connectivity index (χ1v) is 10.4. The number of thiazole rings is 1. The van der Waals surface area contributed by atoms with E-state index in [2.05, 4.69) is 25.8 Å². The Morgan fingerprint density at radius 1 is 1.29 bits per heavy atom. The summed E-state index contributed by atoms with van der Waals surface area (Å²) in [5.74, 6) is -0.603. The molecule has 9 nitrogen and oxygen atoms in total. The van der Waals surface area contributed by atoms with Gasteiger partial charge in [0.25, 0.3) is 0 Å². The molecule has 148 valence electrons. The second-order valence-corrected chi connectivity index (χ2v) is 8.58. The number of nitrogens with zero attached hydrogens (tertiary/aromatic N) is 4. The predicted octanol–water partition coefficient (Wildman–Crippen LogP) is 4.35. The Hall–Kier alpha value is -2.37. The average molecular weight is 441 g/mol. The van der Waals surface area contributed by atoms with Crippen molar-refractivity contribution in [2.45, 2.75) is 33.2 Å². The Morgan fingerprint density at radius 2 is 2.04 bits per heavy atom. The van der Waals surface area contributed by atoms with Crippen molar-refractivity contribution in [3.05, 3.63) is 32.3 Å². The van der Waals surface area contributed by atoms with Crippen molar-refractivity contribution >= 4 is 66.3 Å². The van der Waals surface area contributed by atoms with E-state index in [0.717, 1.165) is 11.4 Å². The van der Waals surface area contributed by atoms with E-state index in [9.17, 15) is 14.9 Å². The zero-order chi connectivity index (χ0) is 20.4. The van der Waals surface area contributed by atoms with Crippen LogP contribution in [0.2, 0.25) is 5.02 Å². The van der Waals surface area contributed by atoms with Gasteiger partial charge in [-0.1, -0.05) is 48.1 Å². The van der Waals surface area contributed by atoms with Crippen molar-refractivity contribution in [1.82, 2.24) is 15.2 Å². The molecule has 2 heterocycles. The monoisotopic (exact) mass is 440 g/mol. The molecule has 28 heavy (non-hydrogen) atoms. The highest BCUT2D eigenvalue weighted by Crippen LogP contribution is 2.37. The number of nitro groups is 1. The summed E-state index contributed by atoms with van der Waals surface area (Å²) in [5.41, 5.74) is 0.0140. The summed E-state index contributed by atoms with van der Waals surface area (Å²) in [6.45, 7) is 5.59. The highest BCUT2D eigenvalue weighted by atomic mass is 35.5. The summed E-state index contributed by atoms with van der Waals surface area (Å²) in [4.78, 5) is 27.5. The summed E-state index contributed by atoms with van der Waals surface area (Å²) >= 11 is 8.54. The molecule has 3 aromatic rings. The number of hydrogen-bond acceptors (Lipinski definition) is 9. The maximum Gasteiger partial charge on any atom is 0.314 e. The maximum atomic E-state index is 12.5. The van der Waals surface area contributed by atoms with Crippen LogP contribution in [0.1, 0.15) is 25.8 Å². The molecule has 0 saturated carbocycles. The van der Waals surface area contributed by atoms with Gasteiger partial charge in [0.2, 0.25) is 11.0 Å². The molecule has 0 aliphatic heterocycles. The van der Waals surface area contributed by atoms with Crippen LogP contribution in [-0.4, -0.2) is 32.1 Å². The molecule has 0 saturated heterocycles. The molecule has 1 aromatic carbocycles. The van der Waals surface area contributed by atoms with Gasteiger partial charge in [0, 0.05) is 6.04 Å². The van der Waals surface area contributed by atoms with Crippen molar-refractivity contribution in [2.24, 2.45) is 5.92 Å². The fourth-order valence-electron chi connectivity index (χ4n) is 2.40. The quantitative estimate of drug-likeness (QED) is 0.413. The van der Waals surface area contributed by atoms with E-state index in [1.165, 1.54) is 28.7 Å². The molecule has 0 bridgehead atoms. The van der Waals surface area contributed by atoms with Crippen LogP contribution in [0.3, 0.4) is 0 Å². The van der Waals surface area contributed by atoms with Gasteiger partial charge in [-0.25, -0.2) is 4.98 Å². The fraction of sp³-hybridized carbons (Fsp3) is 0.375. The summed E-state index contributed by atoms with van der Waals surface area (Å²) < 4.78 is 0.642. The maximum absolute atomic E-state index is 12.5. The lowest BCUT2D eigenvalue weighted by atomic mass is 10.0. The van der Waals surface area contributed by atoms with Crippen molar-refractivity contribution in [3.8, 4) is 0 Å². The van der Waals surface area contributed by atoms with Crippen LogP contribution >= 0.6 is 34.3 Å². The number of amides is 1. The topological polar surface area (TPSA) is 123 Å². The SMILES string of the molecule is CCc1nnc(NC(=O)C(C)C(C)Nc2nc3c([N+](=O)[O-])c(Cl)ccc3s2)s1. The first-order chi connectivity index (χ1) is 13.3. The second-order valence-electron chi connectivity index (χ2n) is 6.08. The van der Waals surface area contributed by atoms with Crippen LogP contribution in [0, 0.1) is 16.0 Å². The molecule has 0 spiro atoms. The molecule has 2 unspecified atom stereocenters. The lowest BCUT2D eigenvalue weighted by Crippen LogP contribution is -2.33. The number of halogens is 1. The van der Waals surface area contributed by atoms with Crippen LogP contribution < -0.4 is 10.6 Å². The molecule has 2 N–H and O–H groups in total. The number of fused-ring (bicyclic) bond motifs is 1. The molecule has 3 rings (SSSR count). The number of anilines is 2. The number of benzene rings is 1. The molecule has 0 radical (unpaired) electrons. The first kappa shape index (κ1) is 20.4. The average Bonchev–Trinajstić information content (AvgIpc) is 3.26. The highest BCUT2D eigenvalue weighted by Gasteiger charge is 2.25. The molecule has 12 heteroatoms. The van der Waals surface area contributed by atoms with Crippen molar-refractivity contribution in [1.29, 1.82) is 0 Å². The number of carbonyl (C=O) groups excluding carboxylic acids is 1. The van der Waals surface area contributed by atoms with E-state index in [0.29, 0.717) is 15.0 Å².